The topological polar surface area (TPSA) is 90.9 Å². The number of hydrogen-bond acceptors (Lipinski definition) is 7. The summed E-state index contributed by atoms with van der Waals surface area (Å²) in [6.45, 7) is 7.71. The summed E-state index contributed by atoms with van der Waals surface area (Å²) in [5, 5.41) is 2.95. The van der Waals surface area contributed by atoms with Crippen LogP contribution in [0.2, 0.25) is 0 Å². The number of benzene rings is 1. The van der Waals surface area contributed by atoms with Crippen LogP contribution < -0.4 is 10.1 Å². The fraction of sp³-hybridized carbons (Fsp3) is 0.350. The van der Waals surface area contributed by atoms with Gasteiger partial charge in [-0.3, -0.25) is 4.79 Å². The van der Waals surface area contributed by atoms with Crippen LogP contribution in [0, 0.1) is 6.92 Å². The van der Waals surface area contributed by atoms with E-state index in [9.17, 15) is 14.4 Å². The lowest BCUT2D eigenvalue weighted by Gasteiger charge is -2.08. The van der Waals surface area contributed by atoms with Crippen molar-refractivity contribution in [3.63, 3.8) is 0 Å². The van der Waals surface area contributed by atoms with Gasteiger partial charge in [-0.05, 0) is 51.5 Å². The zero-order valence-corrected chi connectivity index (χ0v) is 17.1. The quantitative estimate of drug-likeness (QED) is 0.666. The Hall–Kier alpha value is -2.87. The van der Waals surface area contributed by atoms with E-state index in [4.69, 9.17) is 14.2 Å². The van der Waals surface area contributed by atoms with Crippen LogP contribution in [0.15, 0.2) is 24.3 Å². The molecule has 0 fully saturated rings. The van der Waals surface area contributed by atoms with Crippen molar-refractivity contribution in [2.24, 2.45) is 0 Å². The summed E-state index contributed by atoms with van der Waals surface area (Å²) in [4.78, 5) is 37.5. The number of nitrogens with one attached hydrogen (secondary N) is 1. The van der Waals surface area contributed by atoms with Crippen LogP contribution in [0.25, 0.3) is 0 Å². The monoisotopic (exact) mass is 405 g/mol. The molecule has 1 aromatic carbocycles. The van der Waals surface area contributed by atoms with Crippen molar-refractivity contribution >= 4 is 34.2 Å². The maximum Gasteiger partial charge on any atom is 0.348 e. The Morgan fingerprint density at radius 2 is 1.68 bits per heavy atom. The highest BCUT2D eigenvalue weighted by Crippen LogP contribution is 2.34. The predicted octanol–water partition coefficient (Wildman–Crippen LogP) is 4.06. The summed E-state index contributed by atoms with van der Waals surface area (Å²) >= 11 is 0.987. The van der Waals surface area contributed by atoms with Crippen molar-refractivity contribution in [1.82, 2.24) is 0 Å². The highest BCUT2D eigenvalue weighted by Gasteiger charge is 2.27. The van der Waals surface area contributed by atoms with Gasteiger partial charge in [-0.25, -0.2) is 9.59 Å². The second kappa shape index (κ2) is 9.89. The smallest absolute Gasteiger partial charge is 0.348 e. The van der Waals surface area contributed by atoms with E-state index >= 15 is 0 Å². The number of esters is 2. The molecule has 0 aliphatic carbocycles. The average Bonchev–Trinajstić information content (AvgIpc) is 2.98. The fourth-order valence-corrected chi connectivity index (χ4v) is 3.59. The SMILES string of the molecule is CCOC(=O)c1sc(NC(=O)c2cccc(OCC)c2)c(C(=O)OCC)c1C. The van der Waals surface area contributed by atoms with Gasteiger partial charge >= 0.3 is 11.9 Å². The van der Waals surface area contributed by atoms with Gasteiger partial charge in [-0.2, -0.15) is 0 Å². The van der Waals surface area contributed by atoms with Crippen LogP contribution >= 0.6 is 11.3 Å². The summed E-state index contributed by atoms with van der Waals surface area (Å²) in [5.41, 5.74) is 0.939. The lowest BCUT2D eigenvalue weighted by atomic mass is 10.1. The number of carbonyl (C=O) groups excluding carboxylic acids is 3. The Kier molecular flexibility index (Phi) is 7.57. The van der Waals surface area contributed by atoms with E-state index in [-0.39, 0.29) is 28.7 Å². The van der Waals surface area contributed by atoms with Crippen molar-refractivity contribution in [1.29, 1.82) is 0 Å². The molecule has 28 heavy (non-hydrogen) atoms. The first-order chi connectivity index (χ1) is 13.4. The number of anilines is 1. The molecule has 7 nitrogen and oxygen atoms in total. The molecule has 0 unspecified atom stereocenters. The summed E-state index contributed by atoms with van der Waals surface area (Å²) in [6, 6.07) is 6.69. The predicted molar refractivity (Wildman–Crippen MR) is 107 cm³/mol. The van der Waals surface area contributed by atoms with Gasteiger partial charge in [0.15, 0.2) is 0 Å². The van der Waals surface area contributed by atoms with E-state index in [2.05, 4.69) is 5.32 Å². The maximum atomic E-state index is 12.7. The molecular formula is C20H23NO6S. The highest BCUT2D eigenvalue weighted by atomic mass is 32.1. The molecule has 0 atom stereocenters. The minimum Gasteiger partial charge on any atom is -0.494 e. The lowest BCUT2D eigenvalue weighted by molar-refractivity contribution is 0.0527. The molecule has 1 N–H and O–H groups in total. The molecule has 0 bridgehead atoms. The van der Waals surface area contributed by atoms with Crippen LogP contribution in [0.1, 0.15) is 56.7 Å². The third-order valence-corrected chi connectivity index (χ3v) is 4.91. The second-order valence-electron chi connectivity index (χ2n) is 5.62. The molecule has 0 aliphatic rings. The molecule has 1 heterocycles. The van der Waals surface area contributed by atoms with Crippen LogP contribution in [-0.2, 0) is 9.47 Å². The Balaban J connectivity index is 2.38. The van der Waals surface area contributed by atoms with Gasteiger partial charge in [0.05, 0.1) is 25.4 Å². The first-order valence-corrected chi connectivity index (χ1v) is 9.76. The molecule has 150 valence electrons. The molecule has 2 rings (SSSR count). The number of rotatable bonds is 8. The molecule has 0 saturated heterocycles. The van der Waals surface area contributed by atoms with Gasteiger partial charge < -0.3 is 19.5 Å². The van der Waals surface area contributed by atoms with Crippen molar-refractivity contribution < 1.29 is 28.6 Å². The average molecular weight is 405 g/mol. The third kappa shape index (κ3) is 4.89. The van der Waals surface area contributed by atoms with E-state index in [1.165, 1.54) is 0 Å². The molecule has 0 spiro atoms. The zero-order chi connectivity index (χ0) is 20.7. The Bertz CT molecular complexity index is 874. The third-order valence-electron chi connectivity index (χ3n) is 3.72. The second-order valence-corrected chi connectivity index (χ2v) is 6.64. The largest absolute Gasteiger partial charge is 0.494 e. The summed E-state index contributed by atoms with van der Waals surface area (Å²) in [7, 11) is 0. The number of thiophene rings is 1. The van der Waals surface area contributed by atoms with Crippen LogP contribution in [-0.4, -0.2) is 37.7 Å². The van der Waals surface area contributed by atoms with Gasteiger partial charge in [-0.1, -0.05) is 6.07 Å². The first-order valence-electron chi connectivity index (χ1n) is 8.94. The van der Waals surface area contributed by atoms with Crippen LogP contribution in [0.3, 0.4) is 0 Å². The summed E-state index contributed by atoms with van der Waals surface area (Å²) in [5.74, 6) is -1.02. The lowest BCUT2D eigenvalue weighted by Crippen LogP contribution is -2.15. The Morgan fingerprint density at radius 3 is 2.32 bits per heavy atom. The van der Waals surface area contributed by atoms with Crippen LogP contribution in [0.5, 0.6) is 5.75 Å². The van der Waals surface area contributed by atoms with Crippen molar-refractivity contribution in [3.05, 3.63) is 45.8 Å². The Labute approximate surface area is 167 Å². The molecule has 0 aliphatic heterocycles. The van der Waals surface area contributed by atoms with Gasteiger partial charge in [-0.15, -0.1) is 11.3 Å². The van der Waals surface area contributed by atoms with Gasteiger partial charge in [0, 0.05) is 5.56 Å². The minimum atomic E-state index is -0.606. The molecule has 0 saturated carbocycles. The molecule has 1 amide bonds. The standard InChI is InChI=1S/C20H23NO6S/c1-5-25-14-10-8-9-13(11-14)17(22)21-18-15(19(23)26-6-2)12(4)16(28-18)20(24)27-7-3/h8-11H,5-7H2,1-4H3,(H,21,22). The minimum absolute atomic E-state index is 0.157. The first kappa shape index (κ1) is 21.4. The number of ether oxygens (including phenoxy) is 3. The molecule has 2 aromatic rings. The maximum absolute atomic E-state index is 12.7. The van der Waals surface area contributed by atoms with Gasteiger partial charge in [0.2, 0.25) is 0 Å². The van der Waals surface area contributed by atoms with Crippen molar-refractivity contribution in [2.45, 2.75) is 27.7 Å². The van der Waals surface area contributed by atoms with Crippen molar-refractivity contribution in [3.8, 4) is 5.75 Å². The Morgan fingerprint density at radius 1 is 1.00 bits per heavy atom. The van der Waals surface area contributed by atoms with E-state index in [0.29, 0.717) is 23.5 Å². The molecule has 1 aromatic heterocycles. The molecule has 0 radical (unpaired) electrons. The number of hydrogen-bond donors (Lipinski definition) is 1. The highest BCUT2D eigenvalue weighted by molar-refractivity contribution is 7.18. The van der Waals surface area contributed by atoms with E-state index in [1.807, 2.05) is 6.92 Å². The van der Waals surface area contributed by atoms with Crippen LogP contribution in [0.4, 0.5) is 5.00 Å². The molecular weight excluding hydrogens is 382 g/mol. The summed E-state index contributed by atoms with van der Waals surface area (Å²) in [6.07, 6.45) is 0. The van der Waals surface area contributed by atoms with Crippen molar-refractivity contribution in [2.75, 3.05) is 25.1 Å². The number of carbonyl (C=O) groups is 3. The summed E-state index contributed by atoms with van der Waals surface area (Å²) < 4.78 is 15.5. The number of amides is 1. The normalized spacial score (nSPS) is 10.3. The van der Waals surface area contributed by atoms with E-state index in [0.717, 1.165) is 11.3 Å². The van der Waals surface area contributed by atoms with E-state index < -0.39 is 17.8 Å². The zero-order valence-electron chi connectivity index (χ0n) is 16.3. The van der Waals surface area contributed by atoms with E-state index in [1.54, 1.807) is 45.0 Å². The van der Waals surface area contributed by atoms with Gasteiger partial charge in [0.1, 0.15) is 15.6 Å². The fourth-order valence-electron chi connectivity index (χ4n) is 2.51. The molecule has 8 heteroatoms. The van der Waals surface area contributed by atoms with Gasteiger partial charge in [0.25, 0.3) is 5.91 Å².